The van der Waals surface area contributed by atoms with Crippen molar-refractivity contribution in [1.82, 2.24) is 29.0 Å². The minimum atomic E-state index is -0.120. The average Bonchev–Trinajstić information content (AvgIpc) is 3.21. The third-order valence-electron chi connectivity index (χ3n) is 4.71. The fraction of sp³-hybridized carbons (Fsp3) is 0.412. The Morgan fingerprint density at radius 2 is 2.17 bits per heavy atom. The molecule has 1 amide bonds. The molecular weight excluding hydrogens is 304 g/mol. The first kappa shape index (κ1) is 14.9. The maximum atomic E-state index is 13.0. The van der Waals surface area contributed by atoms with E-state index in [9.17, 15) is 4.79 Å². The number of fused-ring (bicyclic) bond motifs is 1. The van der Waals surface area contributed by atoms with Gasteiger partial charge in [0.1, 0.15) is 0 Å². The Hall–Kier alpha value is -2.70. The molecule has 1 fully saturated rings. The van der Waals surface area contributed by atoms with Crippen molar-refractivity contribution in [2.45, 2.75) is 32.2 Å². The van der Waals surface area contributed by atoms with Gasteiger partial charge < -0.3 is 9.47 Å². The number of aromatic nitrogens is 5. The molecule has 0 aliphatic carbocycles. The van der Waals surface area contributed by atoms with Gasteiger partial charge in [0.25, 0.3) is 11.7 Å². The van der Waals surface area contributed by atoms with Gasteiger partial charge in [-0.2, -0.15) is 4.98 Å². The van der Waals surface area contributed by atoms with E-state index in [4.69, 9.17) is 0 Å². The highest BCUT2D eigenvalue weighted by Crippen LogP contribution is 2.31. The van der Waals surface area contributed by atoms with Crippen molar-refractivity contribution in [3.63, 3.8) is 0 Å². The summed E-state index contributed by atoms with van der Waals surface area (Å²) in [6, 6.07) is 6.03. The number of amides is 1. The van der Waals surface area contributed by atoms with Crippen LogP contribution in [0.25, 0.3) is 5.78 Å². The van der Waals surface area contributed by atoms with Crippen molar-refractivity contribution in [3.05, 3.63) is 47.8 Å². The Balaban J connectivity index is 1.70. The number of carbonyl (C=O) groups excluding carboxylic acids is 1. The van der Waals surface area contributed by atoms with Crippen LogP contribution in [-0.2, 0) is 7.05 Å². The first-order valence-corrected chi connectivity index (χ1v) is 8.26. The fourth-order valence-corrected chi connectivity index (χ4v) is 3.43. The molecule has 0 N–H and O–H groups in total. The summed E-state index contributed by atoms with van der Waals surface area (Å²) in [6.07, 6.45) is 6.80. The number of rotatable bonds is 2. The van der Waals surface area contributed by atoms with Gasteiger partial charge in [0.05, 0.1) is 6.04 Å². The van der Waals surface area contributed by atoms with E-state index in [1.807, 2.05) is 37.2 Å². The molecule has 1 saturated heterocycles. The molecule has 1 atom stereocenters. The summed E-state index contributed by atoms with van der Waals surface area (Å²) >= 11 is 0. The quantitative estimate of drug-likeness (QED) is 0.724. The van der Waals surface area contributed by atoms with Crippen LogP contribution in [0.1, 0.15) is 47.3 Å². The lowest BCUT2D eigenvalue weighted by atomic mass is 9.99. The molecule has 0 aromatic carbocycles. The molecule has 1 unspecified atom stereocenters. The van der Waals surface area contributed by atoms with Gasteiger partial charge in [-0.25, -0.2) is 9.50 Å². The molecule has 3 aromatic rings. The third-order valence-corrected chi connectivity index (χ3v) is 4.71. The van der Waals surface area contributed by atoms with E-state index in [1.54, 1.807) is 10.7 Å². The third kappa shape index (κ3) is 2.36. The van der Waals surface area contributed by atoms with Gasteiger partial charge in [0.2, 0.25) is 5.82 Å². The molecule has 4 rings (SSSR count). The Kier molecular flexibility index (Phi) is 3.55. The molecule has 4 heterocycles. The number of nitrogens with zero attached hydrogens (tertiary/aromatic N) is 6. The molecule has 1 aliphatic rings. The molecule has 3 aromatic heterocycles. The van der Waals surface area contributed by atoms with Gasteiger partial charge in [-0.1, -0.05) is 0 Å². The Morgan fingerprint density at radius 1 is 1.29 bits per heavy atom. The summed E-state index contributed by atoms with van der Waals surface area (Å²) in [6.45, 7) is 2.65. The molecule has 0 radical (unpaired) electrons. The molecule has 0 saturated carbocycles. The lowest BCUT2D eigenvalue weighted by Crippen LogP contribution is -2.39. The maximum absolute atomic E-state index is 13.0. The number of hydrogen-bond acceptors (Lipinski definition) is 4. The monoisotopic (exact) mass is 324 g/mol. The lowest BCUT2D eigenvalue weighted by molar-refractivity contribution is 0.0590. The molecule has 124 valence electrons. The summed E-state index contributed by atoms with van der Waals surface area (Å²) in [4.78, 5) is 23.5. The Morgan fingerprint density at radius 3 is 2.92 bits per heavy atom. The number of carbonyl (C=O) groups is 1. The van der Waals surface area contributed by atoms with Crippen LogP contribution < -0.4 is 0 Å². The summed E-state index contributed by atoms with van der Waals surface area (Å²) in [5, 5.41) is 4.37. The van der Waals surface area contributed by atoms with Gasteiger partial charge in [-0.15, -0.1) is 5.10 Å². The summed E-state index contributed by atoms with van der Waals surface area (Å²) < 4.78 is 3.70. The van der Waals surface area contributed by atoms with E-state index in [-0.39, 0.29) is 17.8 Å². The molecule has 1 aliphatic heterocycles. The van der Waals surface area contributed by atoms with Crippen molar-refractivity contribution in [2.24, 2.45) is 7.05 Å². The standard InChI is InChI=1S/C17H20N6O/c1-12-8-9-18-17-19-15(20-23(12)17)16(24)22-11-4-3-6-14(22)13-7-5-10-21(13)2/h5,7-10,14H,3-4,6,11H2,1-2H3. The first-order chi connectivity index (χ1) is 11.6. The van der Waals surface area contributed by atoms with Crippen LogP contribution in [0.5, 0.6) is 0 Å². The second-order valence-corrected chi connectivity index (χ2v) is 6.29. The summed E-state index contributed by atoms with van der Waals surface area (Å²) in [7, 11) is 2.02. The highest BCUT2D eigenvalue weighted by atomic mass is 16.2. The topological polar surface area (TPSA) is 68.3 Å². The Labute approximate surface area is 139 Å². The highest BCUT2D eigenvalue weighted by Gasteiger charge is 2.32. The van der Waals surface area contributed by atoms with Gasteiger partial charge in [0, 0.05) is 37.4 Å². The van der Waals surface area contributed by atoms with Crippen LogP contribution >= 0.6 is 0 Å². The smallest absolute Gasteiger partial charge is 0.294 e. The highest BCUT2D eigenvalue weighted by molar-refractivity contribution is 5.91. The average molecular weight is 324 g/mol. The van der Waals surface area contributed by atoms with E-state index in [2.05, 4.69) is 25.7 Å². The van der Waals surface area contributed by atoms with E-state index in [0.717, 1.165) is 37.2 Å². The lowest BCUT2D eigenvalue weighted by Gasteiger charge is -2.35. The van der Waals surface area contributed by atoms with Crippen molar-refractivity contribution in [1.29, 1.82) is 0 Å². The zero-order valence-electron chi connectivity index (χ0n) is 13.9. The Bertz CT molecular complexity index is 896. The number of hydrogen-bond donors (Lipinski definition) is 0. The van der Waals surface area contributed by atoms with Crippen LogP contribution in [0.3, 0.4) is 0 Å². The van der Waals surface area contributed by atoms with Crippen LogP contribution in [0.4, 0.5) is 0 Å². The maximum Gasteiger partial charge on any atom is 0.294 e. The van der Waals surface area contributed by atoms with Crippen molar-refractivity contribution >= 4 is 11.7 Å². The number of likely N-dealkylation sites (tertiary alicyclic amines) is 1. The van der Waals surface area contributed by atoms with Gasteiger partial charge in [0.15, 0.2) is 0 Å². The predicted molar refractivity (Wildman–Crippen MR) is 88.6 cm³/mol. The van der Waals surface area contributed by atoms with E-state index >= 15 is 0 Å². The molecular formula is C17H20N6O. The van der Waals surface area contributed by atoms with Crippen LogP contribution in [0, 0.1) is 6.92 Å². The minimum absolute atomic E-state index is 0.0759. The van der Waals surface area contributed by atoms with Gasteiger partial charge in [-0.3, -0.25) is 4.79 Å². The largest absolute Gasteiger partial charge is 0.353 e. The van der Waals surface area contributed by atoms with Gasteiger partial charge >= 0.3 is 0 Å². The summed E-state index contributed by atoms with van der Waals surface area (Å²) in [5.41, 5.74) is 2.06. The van der Waals surface area contributed by atoms with Crippen LogP contribution in [0.2, 0.25) is 0 Å². The zero-order chi connectivity index (χ0) is 16.7. The SMILES string of the molecule is Cc1ccnc2nc(C(=O)N3CCCCC3c3cccn3C)nn12. The molecule has 24 heavy (non-hydrogen) atoms. The number of piperidine rings is 1. The first-order valence-electron chi connectivity index (χ1n) is 8.26. The fourth-order valence-electron chi connectivity index (χ4n) is 3.43. The van der Waals surface area contributed by atoms with Crippen LogP contribution in [-0.4, -0.2) is 41.5 Å². The molecule has 0 spiro atoms. The molecule has 7 nitrogen and oxygen atoms in total. The normalized spacial score (nSPS) is 18.2. The van der Waals surface area contributed by atoms with Crippen molar-refractivity contribution in [3.8, 4) is 0 Å². The molecule has 0 bridgehead atoms. The summed E-state index contributed by atoms with van der Waals surface area (Å²) in [5.74, 6) is 0.564. The van der Waals surface area contributed by atoms with Crippen molar-refractivity contribution in [2.75, 3.05) is 6.54 Å². The van der Waals surface area contributed by atoms with Crippen molar-refractivity contribution < 1.29 is 4.79 Å². The van der Waals surface area contributed by atoms with Gasteiger partial charge in [-0.05, 0) is 44.4 Å². The second kappa shape index (κ2) is 5.74. The number of aryl methyl sites for hydroxylation is 2. The van der Waals surface area contributed by atoms with E-state index in [1.165, 1.54) is 0 Å². The minimum Gasteiger partial charge on any atom is -0.353 e. The van der Waals surface area contributed by atoms with Crippen LogP contribution in [0.15, 0.2) is 30.6 Å². The van der Waals surface area contributed by atoms with E-state index < -0.39 is 0 Å². The van der Waals surface area contributed by atoms with E-state index in [0.29, 0.717) is 5.78 Å². The predicted octanol–water partition coefficient (Wildman–Crippen LogP) is 2.14. The zero-order valence-corrected chi connectivity index (χ0v) is 13.9. The molecule has 7 heteroatoms. The second-order valence-electron chi connectivity index (χ2n) is 6.29.